The summed E-state index contributed by atoms with van der Waals surface area (Å²) in [5.74, 6) is 0.819. The molecule has 0 atom stereocenters. The van der Waals surface area contributed by atoms with E-state index in [1.54, 1.807) is 59.3 Å². The number of aromatic nitrogens is 2. The minimum absolute atomic E-state index is 0.0121. The molecule has 0 fully saturated rings. The van der Waals surface area contributed by atoms with E-state index in [1.807, 2.05) is 13.8 Å². The molecule has 1 amide bonds. The van der Waals surface area contributed by atoms with Gasteiger partial charge in [0.1, 0.15) is 18.1 Å². The van der Waals surface area contributed by atoms with E-state index in [1.165, 1.54) is 6.92 Å². The third-order valence-electron chi connectivity index (χ3n) is 5.52. The number of hydrogen-bond donors (Lipinski definition) is 1. The fraction of sp³-hybridized carbons (Fsp3) is 0.192. The predicted octanol–water partition coefficient (Wildman–Crippen LogP) is 6.48. The number of furan rings is 1. The molecule has 0 saturated carbocycles. The van der Waals surface area contributed by atoms with Gasteiger partial charge in [0.15, 0.2) is 11.5 Å². The van der Waals surface area contributed by atoms with Crippen LogP contribution < -0.4 is 10.1 Å². The number of ketones is 1. The van der Waals surface area contributed by atoms with Gasteiger partial charge in [-0.25, -0.2) is 0 Å². The average Bonchev–Trinajstić information content (AvgIpc) is 3.41. The minimum Gasteiger partial charge on any atom is -0.486 e. The van der Waals surface area contributed by atoms with Crippen LogP contribution in [0, 0.1) is 13.8 Å². The maximum Gasteiger partial charge on any atom is 0.291 e. The van der Waals surface area contributed by atoms with E-state index in [4.69, 9.17) is 32.4 Å². The van der Waals surface area contributed by atoms with Crippen LogP contribution in [0.15, 0.2) is 59.0 Å². The molecule has 2 aromatic carbocycles. The van der Waals surface area contributed by atoms with E-state index in [-0.39, 0.29) is 18.2 Å². The van der Waals surface area contributed by atoms with E-state index in [2.05, 4.69) is 10.4 Å². The van der Waals surface area contributed by atoms with Gasteiger partial charge in [-0.15, -0.1) is 0 Å². The van der Waals surface area contributed by atoms with Crippen molar-refractivity contribution < 1.29 is 18.7 Å². The summed E-state index contributed by atoms with van der Waals surface area (Å²) in [5.41, 5.74) is 3.38. The number of carbonyl (C=O) groups is 2. The topological polar surface area (TPSA) is 86.4 Å². The number of aryl methyl sites for hydroxylation is 1. The molecular weight excluding hydrogens is 489 g/mol. The largest absolute Gasteiger partial charge is 0.486 e. The van der Waals surface area contributed by atoms with Gasteiger partial charge in [0, 0.05) is 21.2 Å². The standard InChI is InChI=1S/C26H23Cl2N3O4/c1-15-25(16(2)31(30-15)13-21-22(27)5-4-6-23(21)28)29-26(33)24-12-11-20(35-24)14-34-19-9-7-18(8-10-19)17(3)32/h4-12H,13-14H2,1-3H3,(H,29,33). The first-order chi connectivity index (χ1) is 16.7. The van der Waals surface area contributed by atoms with Gasteiger partial charge in [0.2, 0.25) is 0 Å². The van der Waals surface area contributed by atoms with Gasteiger partial charge >= 0.3 is 0 Å². The quantitative estimate of drug-likeness (QED) is 0.273. The van der Waals surface area contributed by atoms with Gasteiger partial charge in [0.05, 0.1) is 23.6 Å². The SMILES string of the molecule is CC(=O)c1ccc(OCc2ccc(C(=O)Nc3c(C)nn(Cc4c(Cl)cccc4Cl)c3C)o2)cc1. The van der Waals surface area contributed by atoms with Crippen molar-refractivity contribution in [3.05, 3.63) is 98.7 Å². The molecule has 2 heterocycles. The number of carbonyl (C=O) groups excluding carboxylic acids is 2. The highest BCUT2D eigenvalue weighted by Gasteiger charge is 2.19. The van der Waals surface area contributed by atoms with E-state index in [0.29, 0.717) is 45.0 Å². The lowest BCUT2D eigenvalue weighted by Gasteiger charge is -2.09. The fourth-order valence-corrected chi connectivity index (χ4v) is 4.07. The lowest BCUT2D eigenvalue weighted by molar-refractivity contribution is 0.0990. The number of nitrogens with zero attached hydrogens (tertiary/aromatic N) is 2. The van der Waals surface area contributed by atoms with Crippen LogP contribution in [0.5, 0.6) is 5.75 Å². The molecule has 1 N–H and O–H groups in total. The minimum atomic E-state index is -0.399. The lowest BCUT2D eigenvalue weighted by atomic mass is 10.1. The van der Waals surface area contributed by atoms with Crippen molar-refractivity contribution in [2.24, 2.45) is 0 Å². The Kier molecular flexibility index (Phi) is 7.28. The van der Waals surface area contributed by atoms with Crippen molar-refractivity contribution >= 4 is 40.6 Å². The Morgan fingerprint density at radius 1 is 1.03 bits per heavy atom. The molecule has 35 heavy (non-hydrogen) atoms. The van der Waals surface area contributed by atoms with Crippen LogP contribution in [0.4, 0.5) is 5.69 Å². The molecule has 9 heteroatoms. The first-order valence-corrected chi connectivity index (χ1v) is 11.6. The molecule has 0 aliphatic carbocycles. The van der Waals surface area contributed by atoms with Gasteiger partial charge in [0.25, 0.3) is 5.91 Å². The van der Waals surface area contributed by atoms with Gasteiger partial charge in [-0.3, -0.25) is 14.3 Å². The summed E-state index contributed by atoms with van der Waals surface area (Å²) in [6.45, 7) is 5.69. The molecular formula is C26H23Cl2N3O4. The zero-order valence-electron chi connectivity index (χ0n) is 19.4. The van der Waals surface area contributed by atoms with Gasteiger partial charge in [-0.1, -0.05) is 29.3 Å². The number of anilines is 1. The zero-order valence-corrected chi connectivity index (χ0v) is 20.9. The molecule has 0 aliphatic rings. The van der Waals surface area contributed by atoms with Crippen LogP contribution in [0.3, 0.4) is 0 Å². The molecule has 0 radical (unpaired) electrons. The second-order valence-corrected chi connectivity index (χ2v) is 8.81. The van der Waals surface area contributed by atoms with Gasteiger partial charge in [-0.2, -0.15) is 5.10 Å². The Balaban J connectivity index is 1.42. The summed E-state index contributed by atoms with van der Waals surface area (Å²) >= 11 is 12.6. The third kappa shape index (κ3) is 5.58. The van der Waals surface area contributed by atoms with Crippen LogP contribution in [0.25, 0.3) is 0 Å². The Hall–Kier alpha value is -3.55. The van der Waals surface area contributed by atoms with Gasteiger partial charge in [-0.05, 0) is 69.3 Å². The first-order valence-electron chi connectivity index (χ1n) is 10.8. The molecule has 7 nitrogen and oxygen atoms in total. The summed E-state index contributed by atoms with van der Waals surface area (Å²) in [4.78, 5) is 24.2. The zero-order chi connectivity index (χ0) is 25.1. The van der Waals surface area contributed by atoms with Crippen molar-refractivity contribution in [1.29, 1.82) is 0 Å². The maximum atomic E-state index is 12.8. The van der Waals surface area contributed by atoms with Crippen LogP contribution in [-0.4, -0.2) is 21.5 Å². The molecule has 0 spiro atoms. The van der Waals surface area contributed by atoms with E-state index in [0.717, 1.165) is 11.3 Å². The second-order valence-electron chi connectivity index (χ2n) is 7.99. The van der Waals surface area contributed by atoms with Crippen LogP contribution >= 0.6 is 23.2 Å². The number of ether oxygens (including phenoxy) is 1. The van der Waals surface area contributed by atoms with E-state index >= 15 is 0 Å². The Bertz CT molecular complexity index is 1370. The monoisotopic (exact) mass is 511 g/mol. The first kappa shape index (κ1) is 24.6. The third-order valence-corrected chi connectivity index (χ3v) is 6.23. The number of Topliss-reactive ketones (excluding diaryl/α,β-unsaturated/α-hetero) is 1. The Morgan fingerprint density at radius 3 is 2.37 bits per heavy atom. The highest BCUT2D eigenvalue weighted by Crippen LogP contribution is 2.28. The highest BCUT2D eigenvalue weighted by atomic mass is 35.5. The predicted molar refractivity (Wildman–Crippen MR) is 135 cm³/mol. The molecule has 180 valence electrons. The van der Waals surface area contributed by atoms with Crippen LogP contribution in [-0.2, 0) is 13.2 Å². The molecule has 2 aromatic heterocycles. The molecule has 0 bridgehead atoms. The molecule has 0 saturated heterocycles. The lowest BCUT2D eigenvalue weighted by Crippen LogP contribution is -2.12. The number of rotatable bonds is 8. The fourth-order valence-electron chi connectivity index (χ4n) is 3.56. The Morgan fingerprint density at radius 2 is 1.71 bits per heavy atom. The van der Waals surface area contributed by atoms with E-state index in [9.17, 15) is 9.59 Å². The highest BCUT2D eigenvalue weighted by molar-refractivity contribution is 6.36. The number of benzene rings is 2. The number of hydrogen-bond acceptors (Lipinski definition) is 5. The molecule has 4 aromatic rings. The number of nitrogens with one attached hydrogen (secondary N) is 1. The number of halogens is 2. The summed E-state index contributed by atoms with van der Waals surface area (Å²) < 4.78 is 13.1. The van der Waals surface area contributed by atoms with Crippen molar-refractivity contribution in [3.63, 3.8) is 0 Å². The van der Waals surface area contributed by atoms with Crippen molar-refractivity contribution in [1.82, 2.24) is 9.78 Å². The Labute approximate surface area is 212 Å². The normalized spacial score (nSPS) is 10.9. The summed E-state index contributed by atoms with van der Waals surface area (Å²) in [7, 11) is 0. The van der Waals surface area contributed by atoms with Crippen molar-refractivity contribution in [2.75, 3.05) is 5.32 Å². The van der Waals surface area contributed by atoms with Crippen LogP contribution in [0.1, 0.15) is 50.5 Å². The summed E-state index contributed by atoms with van der Waals surface area (Å²) in [6, 6.07) is 15.4. The van der Waals surface area contributed by atoms with E-state index < -0.39 is 5.91 Å². The van der Waals surface area contributed by atoms with Crippen LogP contribution in [0.2, 0.25) is 10.0 Å². The van der Waals surface area contributed by atoms with Gasteiger partial charge < -0.3 is 14.5 Å². The summed E-state index contributed by atoms with van der Waals surface area (Å²) in [6.07, 6.45) is 0. The smallest absolute Gasteiger partial charge is 0.291 e. The number of amides is 1. The molecule has 4 rings (SSSR count). The molecule has 0 unspecified atom stereocenters. The molecule has 0 aliphatic heterocycles. The van der Waals surface area contributed by atoms with Crippen molar-refractivity contribution in [3.8, 4) is 5.75 Å². The maximum absolute atomic E-state index is 12.8. The average molecular weight is 512 g/mol. The van der Waals surface area contributed by atoms with Crippen molar-refractivity contribution in [2.45, 2.75) is 33.9 Å². The summed E-state index contributed by atoms with van der Waals surface area (Å²) in [5, 5.41) is 8.52. The second kappa shape index (κ2) is 10.4.